The molecule has 24 heavy (non-hydrogen) atoms. The van der Waals surface area contributed by atoms with Gasteiger partial charge in [-0.25, -0.2) is 9.97 Å². The van der Waals surface area contributed by atoms with Crippen LogP contribution in [0.1, 0.15) is 21.9 Å². The number of aryl methyl sites for hydroxylation is 3. The predicted octanol–water partition coefficient (Wildman–Crippen LogP) is 3.40. The Labute approximate surface area is 144 Å². The lowest BCUT2D eigenvalue weighted by molar-refractivity contribution is 0.102. The zero-order chi connectivity index (χ0) is 17.3. The summed E-state index contributed by atoms with van der Waals surface area (Å²) in [5.41, 5.74) is 3.80. The van der Waals surface area contributed by atoms with E-state index in [-0.39, 0.29) is 5.91 Å². The van der Waals surface area contributed by atoms with Crippen LogP contribution in [0.15, 0.2) is 36.5 Å². The van der Waals surface area contributed by atoms with Crippen molar-refractivity contribution in [2.45, 2.75) is 13.8 Å². The molecule has 3 rings (SSSR count). The Bertz CT molecular complexity index is 902. The van der Waals surface area contributed by atoms with Crippen LogP contribution in [0.25, 0.3) is 11.3 Å². The minimum atomic E-state index is -0.325. The first kappa shape index (κ1) is 16.1. The van der Waals surface area contributed by atoms with Crippen molar-refractivity contribution in [3.05, 3.63) is 58.6 Å². The van der Waals surface area contributed by atoms with Crippen LogP contribution >= 0.6 is 11.6 Å². The number of carbonyl (C=O) groups excluding carboxylic acids is 1. The Morgan fingerprint density at radius 2 is 1.96 bits per heavy atom. The Kier molecular flexibility index (Phi) is 4.31. The number of amides is 1. The molecule has 0 radical (unpaired) electrons. The zero-order valence-corrected chi connectivity index (χ0v) is 14.3. The number of pyridine rings is 2. The van der Waals surface area contributed by atoms with E-state index in [0.29, 0.717) is 16.5 Å². The fourth-order valence-corrected chi connectivity index (χ4v) is 2.56. The summed E-state index contributed by atoms with van der Waals surface area (Å²) in [6.07, 6.45) is 1.48. The SMILES string of the molecule is Cc1cc(-c2cc(C)nn2C)cc(C(=O)Nc2ccc(Cl)cn2)n1. The lowest BCUT2D eigenvalue weighted by Gasteiger charge is -2.08. The van der Waals surface area contributed by atoms with Crippen molar-refractivity contribution in [1.29, 1.82) is 0 Å². The molecule has 0 aliphatic heterocycles. The van der Waals surface area contributed by atoms with Crippen molar-refractivity contribution < 1.29 is 4.79 Å². The quantitative estimate of drug-likeness (QED) is 0.792. The number of carbonyl (C=O) groups is 1. The van der Waals surface area contributed by atoms with Crippen LogP contribution in [0, 0.1) is 13.8 Å². The number of halogens is 1. The van der Waals surface area contributed by atoms with E-state index in [4.69, 9.17) is 11.6 Å². The van der Waals surface area contributed by atoms with E-state index in [1.54, 1.807) is 22.9 Å². The summed E-state index contributed by atoms with van der Waals surface area (Å²) in [6, 6.07) is 8.94. The van der Waals surface area contributed by atoms with Crippen LogP contribution in [0.5, 0.6) is 0 Å². The van der Waals surface area contributed by atoms with Crippen LogP contribution in [0.2, 0.25) is 5.02 Å². The second kappa shape index (κ2) is 6.41. The largest absolute Gasteiger partial charge is 0.305 e. The maximum Gasteiger partial charge on any atom is 0.275 e. The van der Waals surface area contributed by atoms with Crippen molar-refractivity contribution in [2.24, 2.45) is 7.05 Å². The minimum absolute atomic E-state index is 0.320. The van der Waals surface area contributed by atoms with Gasteiger partial charge in [-0.05, 0) is 44.2 Å². The average Bonchev–Trinajstić information content (AvgIpc) is 2.87. The van der Waals surface area contributed by atoms with E-state index < -0.39 is 0 Å². The lowest BCUT2D eigenvalue weighted by atomic mass is 10.1. The molecule has 0 spiro atoms. The Morgan fingerprint density at radius 3 is 2.58 bits per heavy atom. The highest BCUT2D eigenvalue weighted by atomic mass is 35.5. The molecule has 0 saturated carbocycles. The number of hydrogen-bond acceptors (Lipinski definition) is 4. The minimum Gasteiger partial charge on any atom is -0.305 e. The lowest BCUT2D eigenvalue weighted by Crippen LogP contribution is -2.15. The van der Waals surface area contributed by atoms with Gasteiger partial charge in [0.25, 0.3) is 5.91 Å². The van der Waals surface area contributed by atoms with Crippen molar-refractivity contribution in [1.82, 2.24) is 19.7 Å². The second-order valence-corrected chi connectivity index (χ2v) is 5.93. The fourth-order valence-electron chi connectivity index (χ4n) is 2.44. The smallest absolute Gasteiger partial charge is 0.275 e. The normalized spacial score (nSPS) is 10.7. The highest BCUT2D eigenvalue weighted by Crippen LogP contribution is 2.22. The molecule has 0 unspecified atom stereocenters. The molecular formula is C17H16ClN5O. The molecule has 1 amide bonds. The topological polar surface area (TPSA) is 72.7 Å². The van der Waals surface area contributed by atoms with E-state index in [1.807, 2.05) is 33.0 Å². The molecule has 0 aliphatic carbocycles. The van der Waals surface area contributed by atoms with Crippen molar-refractivity contribution in [3.8, 4) is 11.3 Å². The molecule has 122 valence electrons. The number of hydrogen-bond donors (Lipinski definition) is 1. The number of rotatable bonds is 3. The summed E-state index contributed by atoms with van der Waals surface area (Å²) in [5.74, 6) is 0.0966. The van der Waals surface area contributed by atoms with Crippen LogP contribution < -0.4 is 5.32 Å². The van der Waals surface area contributed by atoms with Gasteiger partial charge in [0.05, 0.1) is 16.4 Å². The van der Waals surface area contributed by atoms with E-state index in [2.05, 4.69) is 20.4 Å². The number of aromatic nitrogens is 4. The van der Waals surface area contributed by atoms with Gasteiger partial charge in [0.1, 0.15) is 11.5 Å². The molecule has 0 atom stereocenters. The number of nitrogens with one attached hydrogen (secondary N) is 1. The molecule has 0 aliphatic rings. The van der Waals surface area contributed by atoms with Gasteiger partial charge in [-0.3, -0.25) is 9.48 Å². The summed E-state index contributed by atoms with van der Waals surface area (Å²) in [6.45, 7) is 3.78. The second-order valence-electron chi connectivity index (χ2n) is 5.49. The third-order valence-electron chi connectivity index (χ3n) is 3.45. The molecule has 7 heteroatoms. The summed E-state index contributed by atoms with van der Waals surface area (Å²) in [5, 5.41) is 7.57. The van der Waals surface area contributed by atoms with Crippen molar-refractivity contribution in [3.63, 3.8) is 0 Å². The van der Waals surface area contributed by atoms with Crippen LogP contribution in [-0.4, -0.2) is 25.7 Å². The van der Waals surface area contributed by atoms with Gasteiger partial charge in [-0.2, -0.15) is 5.10 Å². The van der Waals surface area contributed by atoms with E-state index in [0.717, 1.165) is 22.6 Å². The van der Waals surface area contributed by atoms with Gasteiger partial charge in [0, 0.05) is 24.5 Å². The number of nitrogens with zero attached hydrogens (tertiary/aromatic N) is 4. The van der Waals surface area contributed by atoms with Gasteiger partial charge in [0.2, 0.25) is 0 Å². The molecule has 0 saturated heterocycles. The molecule has 0 fully saturated rings. The highest BCUT2D eigenvalue weighted by Gasteiger charge is 2.13. The maximum atomic E-state index is 12.5. The molecule has 3 aromatic rings. The zero-order valence-electron chi connectivity index (χ0n) is 13.5. The van der Waals surface area contributed by atoms with Gasteiger partial charge < -0.3 is 5.32 Å². The van der Waals surface area contributed by atoms with E-state index in [1.165, 1.54) is 6.20 Å². The fraction of sp³-hybridized carbons (Fsp3) is 0.176. The monoisotopic (exact) mass is 341 g/mol. The van der Waals surface area contributed by atoms with Gasteiger partial charge in [0.15, 0.2) is 0 Å². The van der Waals surface area contributed by atoms with Crippen LogP contribution in [-0.2, 0) is 7.05 Å². The molecule has 3 aromatic heterocycles. The molecule has 1 N–H and O–H groups in total. The Balaban J connectivity index is 1.92. The van der Waals surface area contributed by atoms with E-state index in [9.17, 15) is 4.79 Å². The first-order valence-electron chi connectivity index (χ1n) is 7.35. The third kappa shape index (κ3) is 3.44. The maximum absolute atomic E-state index is 12.5. The summed E-state index contributed by atoms with van der Waals surface area (Å²) >= 11 is 5.80. The van der Waals surface area contributed by atoms with Gasteiger partial charge in [-0.1, -0.05) is 11.6 Å². The average molecular weight is 342 g/mol. The Hall–Kier alpha value is -2.73. The Morgan fingerprint density at radius 1 is 1.17 bits per heavy atom. The molecule has 0 aromatic carbocycles. The van der Waals surface area contributed by atoms with Crippen molar-refractivity contribution >= 4 is 23.3 Å². The van der Waals surface area contributed by atoms with E-state index >= 15 is 0 Å². The van der Waals surface area contributed by atoms with Crippen LogP contribution in [0.4, 0.5) is 5.82 Å². The molecule has 3 heterocycles. The standard InChI is InChI=1S/C17H16ClN5O/c1-10-6-12(15-7-11(2)22-23(15)3)8-14(20-10)17(24)21-16-5-4-13(18)9-19-16/h4-9H,1-3H3,(H,19,21,24). The third-order valence-corrected chi connectivity index (χ3v) is 3.68. The number of anilines is 1. The van der Waals surface area contributed by atoms with Crippen LogP contribution in [0.3, 0.4) is 0 Å². The first-order valence-corrected chi connectivity index (χ1v) is 7.73. The first-order chi connectivity index (χ1) is 11.4. The van der Waals surface area contributed by atoms with Gasteiger partial charge in [-0.15, -0.1) is 0 Å². The summed E-state index contributed by atoms with van der Waals surface area (Å²) in [7, 11) is 1.87. The van der Waals surface area contributed by atoms with Crippen molar-refractivity contribution in [2.75, 3.05) is 5.32 Å². The molecule has 0 bridgehead atoms. The molecule has 6 nitrogen and oxygen atoms in total. The summed E-state index contributed by atoms with van der Waals surface area (Å²) in [4.78, 5) is 20.8. The predicted molar refractivity (Wildman–Crippen MR) is 93.1 cm³/mol. The highest BCUT2D eigenvalue weighted by molar-refractivity contribution is 6.30. The molecular weight excluding hydrogens is 326 g/mol. The van der Waals surface area contributed by atoms with Gasteiger partial charge >= 0.3 is 0 Å². The summed E-state index contributed by atoms with van der Waals surface area (Å²) < 4.78 is 1.78.